The van der Waals surface area contributed by atoms with Crippen LogP contribution >= 0.6 is 11.8 Å². The third kappa shape index (κ3) is 4.44. The molecule has 0 bridgehead atoms. The van der Waals surface area contributed by atoms with Crippen molar-refractivity contribution < 1.29 is 4.79 Å². The molecule has 0 aliphatic rings. The summed E-state index contributed by atoms with van der Waals surface area (Å²) in [6, 6.07) is 21.0. The molecule has 0 spiro atoms. The van der Waals surface area contributed by atoms with Gasteiger partial charge in [0.25, 0.3) is 0 Å². The second kappa shape index (κ2) is 8.54. The predicted octanol–water partition coefficient (Wildman–Crippen LogP) is 3.80. The van der Waals surface area contributed by atoms with Gasteiger partial charge in [-0.15, -0.1) is 5.10 Å². The zero-order valence-corrected chi connectivity index (χ0v) is 17.5. The van der Waals surface area contributed by atoms with E-state index >= 15 is 0 Å². The first-order valence-corrected chi connectivity index (χ1v) is 10.4. The summed E-state index contributed by atoms with van der Waals surface area (Å²) in [5.74, 6) is 0.0976. The molecule has 0 saturated heterocycles. The van der Waals surface area contributed by atoms with Gasteiger partial charge in [-0.2, -0.15) is 9.61 Å². The van der Waals surface area contributed by atoms with Crippen LogP contribution in [0, 0.1) is 0 Å². The van der Waals surface area contributed by atoms with Gasteiger partial charge >= 0.3 is 5.69 Å². The summed E-state index contributed by atoms with van der Waals surface area (Å²) in [7, 11) is 0. The number of nitrogens with zero attached hydrogens (tertiary/aromatic N) is 4. The van der Waals surface area contributed by atoms with E-state index in [0.717, 1.165) is 9.58 Å². The number of nitrogens with one attached hydrogen (secondary N) is 1. The number of fused-ring (bicyclic) bond motifs is 1. The molecule has 2 heterocycles. The van der Waals surface area contributed by atoms with Crippen LogP contribution in [0.4, 0.5) is 5.69 Å². The zero-order chi connectivity index (χ0) is 21.1. The minimum absolute atomic E-state index is 0.185. The van der Waals surface area contributed by atoms with Gasteiger partial charge in [0.2, 0.25) is 5.91 Å². The molecular formula is C22H21N5O2S. The van der Waals surface area contributed by atoms with E-state index in [-0.39, 0.29) is 12.5 Å². The van der Waals surface area contributed by atoms with E-state index in [4.69, 9.17) is 0 Å². The van der Waals surface area contributed by atoms with Crippen LogP contribution in [0.25, 0.3) is 5.65 Å². The summed E-state index contributed by atoms with van der Waals surface area (Å²) in [5, 5.41) is 12.0. The predicted molar refractivity (Wildman–Crippen MR) is 117 cm³/mol. The summed E-state index contributed by atoms with van der Waals surface area (Å²) in [6.45, 7) is 4.04. The first-order valence-electron chi connectivity index (χ1n) is 9.59. The molecule has 1 N–H and O–H groups in total. The number of rotatable bonds is 6. The van der Waals surface area contributed by atoms with Crippen LogP contribution in [0.5, 0.6) is 0 Å². The van der Waals surface area contributed by atoms with Crippen LogP contribution in [-0.4, -0.2) is 25.3 Å². The molecule has 0 aliphatic carbocycles. The van der Waals surface area contributed by atoms with Gasteiger partial charge in [-0.25, -0.2) is 9.48 Å². The minimum Gasteiger partial charge on any atom is -0.324 e. The molecule has 1 amide bonds. The smallest absolute Gasteiger partial charge is 0.324 e. The third-order valence-electron chi connectivity index (χ3n) is 4.54. The first-order chi connectivity index (χ1) is 14.5. The van der Waals surface area contributed by atoms with Crippen LogP contribution in [0.2, 0.25) is 0 Å². The monoisotopic (exact) mass is 419 g/mol. The van der Waals surface area contributed by atoms with E-state index in [1.807, 2.05) is 54.6 Å². The van der Waals surface area contributed by atoms with Gasteiger partial charge in [-0.3, -0.25) is 4.79 Å². The Kier molecular flexibility index (Phi) is 5.67. The number of aromatic nitrogens is 4. The molecule has 152 valence electrons. The number of anilines is 1. The fraction of sp³-hybridized carbons (Fsp3) is 0.182. The van der Waals surface area contributed by atoms with Crippen molar-refractivity contribution in [2.45, 2.75) is 36.2 Å². The Labute approximate surface area is 177 Å². The highest BCUT2D eigenvalue weighted by Gasteiger charge is 2.13. The Balaban J connectivity index is 1.49. The molecule has 0 atom stereocenters. The van der Waals surface area contributed by atoms with Crippen molar-refractivity contribution in [3.8, 4) is 0 Å². The van der Waals surface area contributed by atoms with Crippen molar-refractivity contribution in [2.75, 3.05) is 5.32 Å². The molecule has 4 rings (SSSR count). The Morgan fingerprint density at radius 2 is 1.73 bits per heavy atom. The maximum atomic E-state index is 12.7. The Morgan fingerprint density at radius 3 is 2.43 bits per heavy atom. The maximum absolute atomic E-state index is 12.7. The lowest BCUT2D eigenvalue weighted by atomic mass is 10.0. The van der Waals surface area contributed by atoms with Gasteiger partial charge in [0.15, 0.2) is 5.65 Å². The molecule has 0 unspecified atom stereocenters. The van der Waals surface area contributed by atoms with Gasteiger partial charge in [0, 0.05) is 10.6 Å². The summed E-state index contributed by atoms with van der Waals surface area (Å²) in [6.07, 6.45) is 0. The molecule has 2 aromatic heterocycles. The number of amides is 1. The molecule has 4 aromatic rings. The van der Waals surface area contributed by atoms with E-state index in [2.05, 4.69) is 29.4 Å². The molecule has 0 saturated carbocycles. The maximum Gasteiger partial charge on any atom is 0.367 e. The van der Waals surface area contributed by atoms with E-state index < -0.39 is 5.69 Å². The highest BCUT2D eigenvalue weighted by molar-refractivity contribution is 7.99. The second-order valence-electron chi connectivity index (χ2n) is 7.12. The number of carbonyl (C=O) groups is 1. The van der Waals surface area contributed by atoms with Crippen LogP contribution in [0.3, 0.4) is 0 Å². The van der Waals surface area contributed by atoms with Crippen molar-refractivity contribution in [1.29, 1.82) is 0 Å². The lowest BCUT2D eigenvalue weighted by Gasteiger charge is -2.08. The van der Waals surface area contributed by atoms with Gasteiger partial charge in [-0.1, -0.05) is 55.9 Å². The molecule has 30 heavy (non-hydrogen) atoms. The largest absolute Gasteiger partial charge is 0.367 e. The topological polar surface area (TPSA) is 81.3 Å². The lowest BCUT2D eigenvalue weighted by molar-refractivity contribution is -0.117. The normalized spacial score (nSPS) is 11.2. The molecule has 0 aliphatic heterocycles. The van der Waals surface area contributed by atoms with Gasteiger partial charge in [0.05, 0.1) is 0 Å². The van der Waals surface area contributed by atoms with Crippen molar-refractivity contribution in [3.63, 3.8) is 0 Å². The summed E-state index contributed by atoms with van der Waals surface area (Å²) in [5.41, 5.74) is 1.82. The molecular weight excluding hydrogens is 398 g/mol. The van der Waals surface area contributed by atoms with Gasteiger partial charge < -0.3 is 5.32 Å². The number of benzene rings is 2. The minimum atomic E-state index is -0.453. The van der Waals surface area contributed by atoms with Crippen LogP contribution in [0.1, 0.15) is 25.3 Å². The number of hydrogen-bond acceptors (Lipinski definition) is 5. The Hall–Kier alpha value is -3.39. The van der Waals surface area contributed by atoms with Crippen LogP contribution in [0.15, 0.2) is 81.4 Å². The lowest BCUT2D eigenvalue weighted by Crippen LogP contribution is -2.28. The fourth-order valence-electron chi connectivity index (χ4n) is 2.95. The molecule has 0 fully saturated rings. The SMILES string of the molecule is CC(C)c1ccc(NC(=O)Cn2nc3ccc(Sc4ccccc4)nn3c2=O)cc1. The Morgan fingerprint density at radius 1 is 1.00 bits per heavy atom. The van der Waals surface area contributed by atoms with Crippen LogP contribution < -0.4 is 11.0 Å². The van der Waals surface area contributed by atoms with E-state index in [1.54, 1.807) is 12.1 Å². The van der Waals surface area contributed by atoms with Crippen molar-refractivity contribution in [1.82, 2.24) is 19.4 Å². The van der Waals surface area contributed by atoms with Gasteiger partial charge in [0.1, 0.15) is 11.6 Å². The first kappa shape index (κ1) is 19.9. The summed E-state index contributed by atoms with van der Waals surface area (Å²) < 4.78 is 2.34. The highest BCUT2D eigenvalue weighted by Crippen LogP contribution is 2.25. The average molecular weight is 420 g/mol. The van der Waals surface area contributed by atoms with Crippen molar-refractivity contribution in [3.05, 3.63) is 82.8 Å². The van der Waals surface area contributed by atoms with Crippen molar-refractivity contribution in [2.24, 2.45) is 0 Å². The molecule has 8 heteroatoms. The zero-order valence-electron chi connectivity index (χ0n) is 16.6. The third-order valence-corrected chi connectivity index (χ3v) is 5.47. The summed E-state index contributed by atoms with van der Waals surface area (Å²) in [4.78, 5) is 26.1. The standard InChI is InChI=1S/C22H21N5O2S/c1-15(2)16-8-10-17(11-9-16)23-20(28)14-26-22(29)27-19(24-26)12-13-21(25-27)30-18-6-4-3-5-7-18/h3-13,15H,14H2,1-2H3,(H,23,28). The fourth-order valence-corrected chi connectivity index (χ4v) is 3.74. The second-order valence-corrected chi connectivity index (χ2v) is 8.22. The van der Waals surface area contributed by atoms with Crippen molar-refractivity contribution >= 4 is 29.0 Å². The molecule has 7 nitrogen and oxygen atoms in total. The number of carbonyl (C=O) groups excluding carboxylic acids is 1. The van der Waals surface area contributed by atoms with Gasteiger partial charge in [-0.05, 0) is 47.9 Å². The Bertz CT molecular complexity index is 1230. The highest BCUT2D eigenvalue weighted by atomic mass is 32.2. The quantitative estimate of drug-likeness (QED) is 0.514. The van der Waals surface area contributed by atoms with E-state index in [1.165, 1.54) is 21.8 Å². The van der Waals surface area contributed by atoms with E-state index in [9.17, 15) is 9.59 Å². The van der Waals surface area contributed by atoms with E-state index in [0.29, 0.717) is 22.3 Å². The molecule has 0 radical (unpaired) electrons. The summed E-state index contributed by atoms with van der Waals surface area (Å²) >= 11 is 1.45. The number of hydrogen-bond donors (Lipinski definition) is 1. The average Bonchev–Trinajstić information content (AvgIpc) is 3.04. The molecule has 2 aromatic carbocycles. The van der Waals surface area contributed by atoms with Crippen LogP contribution in [-0.2, 0) is 11.3 Å².